The third kappa shape index (κ3) is 9.51. The van der Waals surface area contributed by atoms with E-state index in [2.05, 4.69) is 27.5 Å². The number of amides is 3. The Labute approximate surface area is 260 Å². The van der Waals surface area contributed by atoms with E-state index >= 15 is 0 Å². The van der Waals surface area contributed by atoms with Crippen molar-refractivity contribution >= 4 is 29.5 Å². The van der Waals surface area contributed by atoms with E-state index in [9.17, 15) is 14.4 Å². The first-order valence-electron chi connectivity index (χ1n) is 15.5. The minimum atomic E-state index is -0.645. The summed E-state index contributed by atoms with van der Waals surface area (Å²) in [6.07, 6.45) is 4.32. The van der Waals surface area contributed by atoms with Gasteiger partial charge in [-0.05, 0) is 57.3 Å². The lowest BCUT2D eigenvalue weighted by Gasteiger charge is -2.29. The first-order valence-corrected chi connectivity index (χ1v) is 16.9. The molecule has 12 heteroatoms. The van der Waals surface area contributed by atoms with Gasteiger partial charge in [0.15, 0.2) is 11.6 Å². The molecule has 236 valence electrons. The van der Waals surface area contributed by atoms with Gasteiger partial charge in [-0.1, -0.05) is 44.2 Å². The number of hydrogen-bond acceptors (Lipinski definition) is 8. The molecular weight excluding hydrogens is 564 g/mol. The van der Waals surface area contributed by atoms with Crippen molar-refractivity contribution in [2.24, 2.45) is 5.92 Å². The van der Waals surface area contributed by atoms with Gasteiger partial charge in [-0.25, -0.2) is 9.67 Å². The molecule has 3 heterocycles. The number of carbonyl (C=O) groups excluding carboxylic acids is 3. The van der Waals surface area contributed by atoms with Crippen molar-refractivity contribution in [3.63, 3.8) is 0 Å². The van der Waals surface area contributed by atoms with Crippen molar-refractivity contribution in [3.05, 3.63) is 36.2 Å². The zero-order valence-corrected chi connectivity index (χ0v) is 26.9. The molecule has 3 amide bonds. The molecule has 43 heavy (non-hydrogen) atoms. The molecule has 2 aromatic rings. The molecule has 1 saturated heterocycles. The normalized spacial score (nSPS) is 21.9. The van der Waals surface area contributed by atoms with Gasteiger partial charge in [0.05, 0.1) is 19.1 Å². The molecular formula is C31H48N8O3S. The number of hydrogen-bond donors (Lipinski definition) is 2. The largest absolute Gasteiger partial charge is 0.344 e. The van der Waals surface area contributed by atoms with Crippen molar-refractivity contribution in [2.75, 3.05) is 64.9 Å². The van der Waals surface area contributed by atoms with Gasteiger partial charge in [0, 0.05) is 38.2 Å². The van der Waals surface area contributed by atoms with Gasteiger partial charge >= 0.3 is 0 Å². The molecule has 2 aliphatic rings. The van der Waals surface area contributed by atoms with Crippen molar-refractivity contribution in [1.82, 2.24) is 40.1 Å². The predicted octanol–water partition coefficient (Wildman–Crippen LogP) is 2.26. The Bertz CT molecular complexity index is 1210. The van der Waals surface area contributed by atoms with Crippen LogP contribution in [0.15, 0.2) is 30.3 Å². The highest BCUT2D eigenvalue weighted by Gasteiger charge is 2.30. The Morgan fingerprint density at radius 3 is 2.53 bits per heavy atom. The highest BCUT2D eigenvalue weighted by molar-refractivity contribution is 7.98. The van der Waals surface area contributed by atoms with Gasteiger partial charge in [0.25, 0.3) is 0 Å². The average Bonchev–Trinajstić information content (AvgIpc) is 3.30. The maximum Gasteiger partial charge on any atom is 0.243 e. The minimum Gasteiger partial charge on any atom is -0.344 e. The first-order chi connectivity index (χ1) is 20.7. The van der Waals surface area contributed by atoms with Crippen LogP contribution in [-0.4, -0.2) is 118 Å². The number of benzene rings is 1. The summed E-state index contributed by atoms with van der Waals surface area (Å²) in [7, 11) is 2.12. The summed E-state index contributed by atoms with van der Waals surface area (Å²) in [6, 6.07) is 8.73. The second-order valence-corrected chi connectivity index (χ2v) is 12.9. The van der Waals surface area contributed by atoms with E-state index in [1.165, 1.54) is 0 Å². The van der Waals surface area contributed by atoms with Crippen LogP contribution >= 0.6 is 11.8 Å². The number of aromatic nitrogens is 3. The lowest BCUT2D eigenvalue weighted by Crippen LogP contribution is -2.49. The van der Waals surface area contributed by atoms with Crippen LogP contribution in [-0.2, 0) is 20.9 Å². The summed E-state index contributed by atoms with van der Waals surface area (Å²) in [6.45, 7) is 9.52. The monoisotopic (exact) mass is 612 g/mol. The molecule has 0 bridgehead atoms. The molecule has 1 fully saturated rings. The van der Waals surface area contributed by atoms with E-state index in [1.54, 1.807) is 11.8 Å². The molecule has 2 aliphatic heterocycles. The van der Waals surface area contributed by atoms with E-state index in [-0.39, 0.29) is 30.1 Å². The summed E-state index contributed by atoms with van der Waals surface area (Å²) in [5, 5.41) is 11.0. The number of likely N-dealkylation sites (N-methyl/N-ethyl adjacent to an activating group) is 1. The summed E-state index contributed by atoms with van der Waals surface area (Å²) in [4.78, 5) is 51.5. The first kappa shape index (κ1) is 32.9. The number of rotatable bonds is 7. The molecule has 4 rings (SSSR count). The molecule has 0 aliphatic carbocycles. The number of thioether (sulfide) groups is 1. The molecule has 1 aromatic carbocycles. The lowest BCUT2D eigenvalue weighted by molar-refractivity contribution is -0.133. The van der Waals surface area contributed by atoms with Gasteiger partial charge in [0.2, 0.25) is 17.7 Å². The Morgan fingerprint density at radius 1 is 1.00 bits per heavy atom. The highest BCUT2D eigenvalue weighted by atomic mass is 32.2. The fourth-order valence-corrected chi connectivity index (χ4v) is 6.04. The molecule has 0 unspecified atom stereocenters. The van der Waals surface area contributed by atoms with Crippen molar-refractivity contribution < 1.29 is 14.4 Å². The molecule has 0 radical (unpaired) electrons. The third-order valence-electron chi connectivity index (χ3n) is 8.17. The van der Waals surface area contributed by atoms with Gasteiger partial charge in [-0.2, -0.15) is 16.9 Å². The van der Waals surface area contributed by atoms with Crippen LogP contribution < -0.4 is 10.6 Å². The quantitative estimate of drug-likeness (QED) is 0.490. The van der Waals surface area contributed by atoms with Crippen LogP contribution in [0.25, 0.3) is 11.4 Å². The maximum atomic E-state index is 13.7. The minimum absolute atomic E-state index is 0.0132. The van der Waals surface area contributed by atoms with Crippen molar-refractivity contribution in [1.29, 1.82) is 0 Å². The number of carbonyl (C=O) groups is 3. The van der Waals surface area contributed by atoms with E-state index in [0.29, 0.717) is 50.7 Å². The maximum absolute atomic E-state index is 13.7. The van der Waals surface area contributed by atoms with Crippen molar-refractivity contribution in [2.45, 2.75) is 58.2 Å². The molecule has 2 atom stereocenters. The van der Waals surface area contributed by atoms with Crippen LogP contribution in [0.2, 0.25) is 0 Å². The molecule has 2 N–H and O–H groups in total. The van der Waals surface area contributed by atoms with Crippen LogP contribution in [0.5, 0.6) is 0 Å². The smallest absolute Gasteiger partial charge is 0.243 e. The van der Waals surface area contributed by atoms with Crippen LogP contribution in [0.1, 0.15) is 51.4 Å². The van der Waals surface area contributed by atoms with E-state index in [4.69, 9.17) is 10.1 Å². The second-order valence-electron chi connectivity index (χ2n) is 11.9. The number of nitrogens with zero attached hydrogens (tertiary/aromatic N) is 6. The summed E-state index contributed by atoms with van der Waals surface area (Å²) in [5.41, 5.74) is 0.887. The Balaban J connectivity index is 1.64. The summed E-state index contributed by atoms with van der Waals surface area (Å²) < 4.78 is 1.86. The van der Waals surface area contributed by atoms with Crippen LogP contribution in [0.3, 0.4) is 0 Å². The average molecular weight is 613 g/mol. The fraction of sp³-hybridized carbons (Fsp3) is 0.645. The van der Waals surface area contributed by atoms with E-state index in [0.717, 1.165) is 43.9 Å². The highest BCUT2D eigenvalue weighted by Crippen LogP contribution is 2.25. The zero-order valence-electron chi connectivity index (χ0n) is 26.1. The Kier molecular flexibility index (Phi) is 12.4. The lowest BCUT2D eigenvalue weighted by atomic mass is 10.0. The fourth-order valence-electron chi connectivity index (χ4n) is 5.57. The number of fused-ring (bicyclic) bond motifs is 1. The zero-order chi connectivity index (χ0) is 30.8. The second kappa shape index (κ2) is 16.2. The summed E-state index contributed by atoms with van der Waals surface area (Å²) in [5.74, 6) is 1.67. The molecule has 0 spiro atoms. The van der Waals surface area contributed by atoms with Gasteiger partial charge in [-0.15, -0.1) is 0 Å². The van der Waals surface area contributed by atoms with Gasteiger partial charge < -0.3 is 20.4 Å². The molecule has 0 saturated carbocycles. The van der Waals surface area contributed by atoms with Crippen LogP contribution in [0, 0.1) is 5.92 Å². The summed E-state index contributed by atoms with van der Waals surface area (Å²) >= 11 is 1.64. The third-order valence-corrected chi connectivity index (χ3v) is 8.82. The number of nitrogens with one attached hydrogen (secondary N) is 2. The van der Waals surface area contributed by atoms with E-state index in [1.807, 2.05) is 60.0 Å². The Hall–Kier alpha value is -2.96. The predicted molar refractivity (Wildman–Crippen MR) is 170 cm³/mol. The van der Waals surface area contributed by atoms with Gasteiger partial charge in [-0.3, -0.25) is 19.3 Å². The standard InChI is InChI=1S/C31H48N8O3S/c1-23(2)28-30-34-29(24-10-6-5-7-11-24)35-39(30)20-19-38(27(41)22-37-15-9-14-36(3)17-18-37)16-8-12-26(40)32-25(13-21-43-4)31(42)33-28/h5-7,10-11,23,25,28H,8-9,12-22H2,1-4H3,(H,32,40)(H,33,42)/t25-,28+/m0/s1. The SMILES string of the molecule is CSCC[C@@H]1NC(=O)CCCN(C(=O)CN2CCCN(C)CC2)CCn2nc(-c3ccccc3)nc2[C@@H](C(C)C)NC1=O. The van der Waals surface area contributed by atoms with Crippen LogP contribution in [0.4, 0.5) is 0 Å². The van der Waals surface area contributed by atoms with E-state index < -0.39 is 12.1 Å². The topological polar surface area (TPSA) is 116 Å². The molecule has 1 aromatic heterocycles. The van der Waals surface area contributed by atoms with Crippen molar-refractivity contribution in [3.8, 4) is 11.4 Å². The Morgan fingerprint density at radius 2 is 1.79 bits per heavy atom. The van der Waals surface area contributed by atoms with Gasteiger partial charge in [0.1, 0.15) is 6.04 Å². The molecule has 11 nitrogen and oxygen atoms in total.